The number of hydrogen-bond acceptors (Lipinski definition) is 5. The Morgan fingerprint density at radius 2 is 2.39 bits per heavy atom. The van der Waals surface area contributed by atoms with Crippen molar-refractivity contribution in [1.29, 1.82) is 0 Å². The maximum Gasteiger partial charge on any atom is 0.228 e. The van der Waals surface area contributed by atoms with E-state index in [1.807, 2.05) is 0 Å². The lowest BCUT2D eigenvalue weighted by molar-refractivity contribution is 0.290. The van der Waals surface area contributed by atoms with Crippen molar-refractivity contribution in [3.05, 3.63) is 12.2 Å². The Labute approximate surface area is 112 Å². The number of rotatable bonds is 3. The first-order chi connectivity index (χ1) is 8.55. The van der Waals surface area contributed by atoms with Gasteiger partial charge in [-0.25, -0.2) is 0 Å². The van der Waals surface area contributed by atoms with E-state index in [1.54, 1.807) is 11.8 Å². The van der Waals surface area contributed by atoms with E-state index in [0.29, 0.717) is 24.9 Å². The lowest BCUT2D eigenvalue weighted by Gasteiger charge is -2.35. The lowest BCUT2D eigenvalue weighted by Crippen LogP contribution is -2.46. The molecular formula is C12H20N4OS. The lowest BCUT2D eigenvalue weighted by atomic mass is 9.85. The first-order valence-corrected chi connectivity index (χ1v) is 7.23. The zero-order chi connectivity index (χ0) is 13.0. The molecule has 0 saturated carbocycles. The normalized spacial score (nSPS) is 23.1. The second-order valence-electron chi connectivity index (χ2n) is 5.47. The highest BCUT2D eigenvalue weighted by Gasteiger charge is 2.28. The molecule has 1 atom stereocenters. The monoisotopic (exact) mass is 268 g/mol. The van der Waals surface area contributed by atoms with Crippen molar-refractivity contribution in [2.75, 3.05) is 12.3 Å². The molecule has 1 saturated heterocycles. The van der Waals surface area contributed by atoms with Gasteiger partial charge in [0.05, 0.1) is 6.54 Å². The number of amidine groups is 1. The average Bonchev–Trinajstić information content (AvgIpc) is 2.81. The number of thioether (sulfide) groups is 1. The van der Waals surface area contributed by atoms with Gasteiger partial charge in [-0.3, -0.25) is 4.99 Å². The molecule has 0 bridgehead atoms. The molecule has 18 heavy (non-hydrogen) atoms. The van der Waals surface area contributed by atoms with Crippen LogP contribution in [0.5, 0.6) is 0 Å². The molecule has 1 N–H and O–H groups in total. The number of nitrogens with zero attached hydrogens (tertiary/aromatic N) is 3. The SMILES string of the molecule is CC(C)(C)C1CCSC(=NCCc2ncno2)N1. The number of hydrogen-bond donors (Lipinski definition) is 1. The van der Waals surface area contributed by atoms with E-state index in [4.69, 9.17) is 4.52 Å². The summed E-state index contributed by atoms with van der Waals surface area (Å²) in [5, 5.41) is 8.14. The van der Waals surface area contributed by atoms with Gasteiger partial charge in [-0.15, -0.1) is 0 Å². The minimum Gasteiger partial charge on any atom is -0.362 e. The van der Waals surface area contributed by atoms with E-state index in [9.17, 15) is 0 Å². The fourth-order valence-electron chi connectivity index (χ4n) is 1.84. The van der Waals surface area contributed by atoms with Gasteiger partial charge >= 0.3 is 0 Å². The van der Waals surface area contributed by atoms with Gasteiger partial charge in [0.2, 0.25) is 5.89 Å². The van der Waals surface area contributed by atoms with Crippen LogP contribution in [0.1, 0.15) is 33.1 Å². The smallest absolute Gasteiger partial charge is 0.228 e. The molecule has 0 aliphatic carbocycles. The zero-order valence-corrected chi connectivity index (χ0v) is 12.0. The van der Waals surface area contributed by atoms with Crippen molar-refractivity contribution >= 4 is 16.9 Å². The van der Waals surface area contributed by atoms with E-state index in [2.05, 4.69) is 41.2 Å². The van der Waals surface area contributed by atoms with Crippen LogP contribution in [-0.4, -0.2) is 33.6 Å². The Kier molecular flexibility index (Phi) is 4.27. The second-order valence-corrected chi connectivity index (χ2v) is 6.56. The maximum absolute atomic E-state index is 4.94. The van der Waals surface area contributed by atoms with Gasteiger partial charge in [-0.05, 0) is 11.8 Å². The molecule has 6 heteroatoms. The van der Waals surface area contributed by atoms with Crippen LogP contribution in [0.2, 0.25) is 0 Å². The molecule has 100 valence electrons. The van der Waals surface area contributed by atoms with E-state index in [0.717, 1.165) is 10.9 Å². The number of aromatic nitrogens is 2. The third-order valence-corrected chi connectivity index (χ3v) is 3.94. The van der Waals surface area contributed by atoms with Gasteiger partial charge in [0.25, 0.3) is 0 Å². The molecule has 1 aliphatic rings. The third kappa shape index (κ3) is 3.73. The summed E-state index contributed by atoms with van der Waals surface area (Å²) < 4.78 is 4.94. The largest absolute Gasteiger partial charge is 0.362 e. The van der Waals surface area contributed by atoms with E-state index in [-0.39, 0.29) is 5.41 Å². The first-order valence-electron chi connectivity index (χ1n) is 6.25. The predicted molar refractivity (Wildman–Crippen MR) is 73.8 cm³/mol. The molecular weight excluding hydrogens is 248 g/mol. The molecule has 1 unspecified atom stereocenters. The topological polar surface area (TPSA) is 63.3 Å². The van der Waals surface area contributed by atoms with Crippen LogP contribution < -0.4 is 5.32 Å². The van der Waals surface area contributed by atoms with E-state index >= 15 is 0 Å². The molecule has 0 radical (unpaired) electrons. The third-order valence-electron chi connectivity index (χ3n) is 2.98. The molecule has 1 aromatic heterocycles. The van der Waals surface area contributed by atoms with Gasteiger partial charge in [0.15, 0.2) is 11.5 Å². The highest BCUT2D eigenvalue weighted by atomic mass is 32.2. The number of aliphatic imine (C=N–C) groups is 1. The molecule has 2 heterocycles. The molecule has 5 nitrogen and oxygen atoms in total. The molecule has 1 aliphatic heterocycles. The summed E-state index contributed by atoms with van der Waals surface area (Å²) in [6.07, 6.45) is 3.31. The molecule has 0 aromatic carbocycles. The van der Waals surface area contributed by atoms with Crippen molar-refractivity contribution < 1.29 is 4.52 Å². The standard InChI is InChI=1S/C12H20N4OS/c1-12(2,3)9-5-7-18-11(16-9)13-6-4-10-14-8-15-17-10/h8-9H,4-7H2,1-3H3,(H,13,16). The van der Waals surface area contributed by atoms with Gasteiger partial charge in [0, 0.05) is 18.2 Å². The van der Waals surface area contributed by atoms with Crippen molar-refractivity contribution in [2.45, 2.75) is 39.7 Å². The zero-order valence-electron chi connectivity index (χ0n) is 11.1. The quantitative estimate of drug-likeness (QED) is 0.909. The summed E-state index contributed by atoms with van der Waals surface area (Å²) in [5.74, 6) is 1.78. The van der Waals surface area contributed by atoms with E-state index in [1.165, 1.54) is 12.7 Å². The van der Waals surface area contributed by atoms with Crippen LogP contribution in [0.15, 0.2) is 15.8 Å². The fraction of sp³-hybridized carbons (Fsp3) is 0.750. The minimum absolute atomic E-state index is 0.272. The summed E-state index contributed by atoms with van der Waals surface area (Å²) in [5.41, 5.74) is 0.272. The maximum atomic E-state index is 4.94. The molecule has 2 rings (SSSR count). The highest BCUT2D eigenvalue weighted by molar-refractivity contribution is 8.13. The highest BCUT2D eigenvalue weighted by Crippen LogP contribution is 2.27. The minimum atomic E-state index is 0.272. The van der Waals surface area contributed by atoms with Gasteiger partial charge < -0.3 is 9.84 Å². The van der Waals surface area contributed by atoms with Crippen LogP contribution in [-0.2, 0) is 6.42 Å². The Bertz CT molecular complexity index is 397. The Hall–Kier alpha value is -1.04. The summed E-state index contributed by atoms with van der Waals surface area (Å²) in [6.45, 7) is 7.47. The van der Waals surface area contributed by atoms with Crippen molar-refractivity contribution in [3.63, 3.8) is 0 Å². The van der Waals surface area contributed by atoms with Gasteiger partial charge in [-0.1, -0.05) is 37.7 Å². The molecule has 1 fully saturated rings. The molecule has 0 amide bonds. The van der Waals surface area contributed by atoms with Crippen LogP contribution in [0.25, 0.3) is 0 Å². The van der Waals surface area contributed by atoms with Gasteiger partial charge in [-0.2, -0.15) is 4.98 Å². The summed E-state index contributed by atoms with van der Waals surface area (Å²) in [6, 6.07) is 0.501. The summed E-state index contributed by atoms with van der Waals surface area (Å²) in [4.78, 5) is 8.54. The van der Waals surface area contributed by atoms with Crippen molar-refractivity contribution in [3.8, 4) is 0 Å². The van der Waals surface area contributed by atoms with Crippen LogP contribution in [0.3, 0.4) is 0 Å². The fourth-order valence-corrected chi connectivity index (χ4v) is 2.79. The average molecular weight is 268 g/mol. The summed E-state index contributed by atoms with van der Waals surface area (Å²) in [7, 11) is 0. The van der Waals surface area contributed by atoms with E-state index < -0.39 is 0 Å². The van der Waals surface area contributed by atoms with Crippen LogP contribution >= 0.6 is 11.8 Å². The number of nitrogens with one attached hydrogen (secondary N) is 1. The molecule has 1 aromatic rings. The summed E-state index contributed by atoms with van der Waals surface area (Å²) >= 11 is 1.79. The predicted octanol–water partition coefficient (Wildman–Crippen LogP) is 2.11. The Morgan fingerprint density at radius 3 is 3.06 bits per heavy atom. The van der Waals surface area contributed by atoms with Crippen LogP contribution in [0.4, 0.5) is 0 Å². The molecule has 0 spiro atoms. The Morgan fingerprint density at radius 1 is 1.56 bits per heavy atom. The second kappa shape index (κ2) is 5.73. The van der Waals surface area contributed by atoms with Gasteiger partial charge in [0.1, 0.15) is 0 Å². The first kappa shape index (κ1) is 13.4. The van der Waals surface area contributed by atoms with Crippen molar-refractivity contribution in [1.82, 2.24) is 15.5 Å². The van der Waals surface area contributed by atoms with Crippen LogP contribution in [0, 0.1) is 5.41 Å². The Balaban J connectivity index is 1.85. The van der Waals surface area contributed by atoms with Crippen molar-refractivity contribution in [2.24, 2.45) is 10.4 Å².